The average Bonchev–Trinajstić information content (AvgIpc) is 3.02. The number of aromatic amines is 1. The van der Waals surface area contributed by atoms with E-state index < -0.39 is 0 Å². The number of piperazine rings is 1. The van der Waals surface area contributed by atoms with E-state index in [1.165, 1.54) is 5.69 Å². The first-order chi connectivity index (χ1) is 9.36. The van der Waals surface area contributed by atoms with Gasteiger partial charge < -0.3 is 14.8 Å². The first kappa shape index (κ1) is 11.6. The van der Waals surface area contributed by atoms with Gasteiger partial charge in [-0.1, -0.05) is 0 Å². The minimum atomic E-state index is 0.665. The minimum Gasteiger partial charge on any atom is -0.367 e. The van der Waals surface area contributed by atoms with Crippen molar-refractivity contribution in [2.75, 3.05) is 36.0 Å². The van der Waals surface area contributed by atoms with Crippen LogP contribution in [0.5, 0.6) is 0 Å². The molecule has 0 unspecified atom stereocenters. The number of nitrogens with zero attached hydrogens (tertiary/aromatic N) is 4. The maximum Gasteiger partial charge on any atom is 0.129 e. The fourth-order valence-corrected chi connectivity index (χ4v) is 2.37. The summed E-state index contributed by atoms with van der Waals surface area (Å²) in [5.74, 6) is 0.896. The lowest BCUT2D eigenvalue weighted by Gasteiger charge is -2.36. The van der Waals surface area contributed by atoms with Crippen LogP contribution in [0.4, 0.5) is 11.5 Å². The van der Waals surface area contributed by atoms with Crippen molar-refractivity contribution in [1.29, 1.82) is 5.26 Å². The molecule has 96 valence electrons. The molecule has 3 rings (SSSR count). The highest BCUT2D eigenvalue weighted by atomic mass is 15.3. The van der Waals surface area contributed by atoms with Crippen LogP contribution >= 0.6 is 0 Å². The fourth-order valence-electron chi connectivity index (χ4n) is 2.37. The van der Waals surface area contributed by atoms with E-state index in [0.717, 1.165) is 32.0 Å². The summed E-state index contributed by atoms with van der Waals surface area (Å²) in [5, 5.41) is 8.92. The summed E-state index contributed by atoms with van der Waals surface area (Å²) >= 11 is 0. The highest BCUT2D eigenvalue weighted by molar-refractivity contribution is 5.49. The molecular weight excluding hydrogens is 238 g/mol. The van der Waals surface area contributed by atoms with Crippen molar-refractivity contribution < 1.29 is 0 Å². The van der Waals surface area contributed by atoms with Crippen molar-refractivity contribution in [2.24, 2.45) is 0 Å². The minimum absolute atomic E-state index is 0.665. The Morgan fingerprint density at radius 3 is 2.63 bits per heavy atom. The number of hydrogen-bond acceptors (Lipinski definition) is 4. The smallest absolute Gasteiger partial charge is 0.129 e. The summed E-state index contributed by atoms with van der Waals surface area (Å²) in [5.41, 5.74) is 1.90. The Morgan fingerprint density at radius 1 is 1.16 bits per heavy atom. The highest BCUT2D eigenvalue weighted by Gasteiger charge is 2.18. The predicted molar refractivity (Wildman–Crippen MR) is 74.2 cm³/mol. The molecule has 0 amide bonds. The van der Waals surface area contributed by atoms with Gasteiger partial charge in [0.2, 0.25) is 0 Å². The maximum atomic E-state index is 8.92. The molecule has 3 heterocycles. The van der Waals surface area contributed by atoms with Crippen LogP contribution in [-0.2, 0) is 0 Å². The van der Waals surface area contributed by atoms with Gasteiger partial charge in [0.05, 0.1) is 17.3 Å². The molecule has 1 saturated heterocycles. The number of nitrogens with one attached hydrogen (secondary N) is 1. The molecule has 0 aliphatic carbocycles. The van der Waals surface area contributed by atoms with Crippen LogP contribution < -0.4 is 9.80 Å². The van der Waals surface area contributed by atoms with E-state index in [2.05, 4.69) is 31.9 Å². The highest BCUT2D eigenvalue weighted by Crippen LogP contribution is 2.19. The molecule has 1 aliphatic rings. The summed E-state index contributed by atoms with van der Waals surface area (Å²) in [4.78, 5) is 12.0. The van der Waals surface area contributed by atoms with Gasteiger partial charge in [0.1, 0.15) is 5.82 Å². The number of nitriles is 1. The molecule has 1 N–H and O–H groups in total. The van der Waals surface area contributed by atoms with E-state index in [9.17, 15) is 0 Å². The zero-order valence-corrected chi connectivity index (χ0v) is 10.6. The quantitative estimate of drug-likeness (QED) is 0.883. The third-order valence-corrected chi connectivity index (χ3v) is 3.42. The SMILES string of the molecule is N#Cc1ccnc(N2CCN(c3cc[nH]c3)CC2)c1. The Kier molecular flexibility index (Phi) is 3.07. The van der Waals surface area contributed by atoms with E-state index in [1.807, 2.05) is 18.5 Å². The van der Waals surface area contributed by atoms with Gasteiger partial charge in [-0.15, -0.1) is 0 Å². The van der Waals surface area contributed by atoms with Crippen molar-refractivity contribution in [3.63, 3.8) is 0 Å². The molecule has 1 aliphatic heterocycles. The molecule has 1 fully saturated rings. The number of rotatable bonds is 2. The second-order valence-electron chi connectivity index (χ2n) is 4.56. The molecule has 0 radical (unpaired) electrons. The number of H-pyrrole nitrogens is 1. The van der Waals surface area contributed by atoms with Gasteiger partial charge in [0.15, 0.2) is 0 Å². The first-order valence-corrected chi connectivity index (χ1v) is 6.35. The Hall–Kier alpha value is -2.48. The second kappa shape index (κ2) is 5.02. The van der Waals surface area contributed by atoms with Crippen LogP contribution in [0, 0.1) is 11.3 Å². The monoisotopic (exact) mass is 253 g/mol. The lowest BCUT2D eigenvalue weighted by molar-refractivity contribution is 0.647. The van der Waals surface area contributed by atoms with Crippen LogP contribution in [0.3, 0.4) is 0 Å². The van der Waals surface area contributed by atoms with Gasteiger partial charge in [0.25, 0.3) is 0 Å². The molecule has 0 bridgehead atoms. The van der Waals surface area contributed by atoms with Crippen molar-refractivity contribution in [3.8, 4) is 6.07 Å². The Morgan fingerprint density at radius 2 is 1.95 bits per heavy atom. The summed E-state index contributed by atoms with van der Waals surface area (Å²) in [6.45, 7) is 3.78. The summed E-state index contributed by atoms with van der Waals surface area (Å²) < 4.78 is 0. The first-order valence-electron chi connectivity index (χ1n) is 6.35. The molecule has 2 aromatic rings. The van der Waals surface area contributed by atoms with Crippen LogP contribution in [-0.4, -0.2) is 36.1 Å². The van der Waals surface area contributed by atoms with Gasteiger partial charge in [0, 0.05) is 44.8 Å². The third-order valence-electron chi connectivity index (χ3n) is 3.42. The topological polar surface area (TPSA) is 59.0 Å². The summed E-state index contributed by atoms with van der Waals surface area (Å²) in [6, 6.07) is 7.83. The molecule has 5 nitrogen and oxygen atoms in total. The lowest BCUT2D eigenvalue weighted by atomic mass is 10.2. The number of aromatic nitrogens is 2. The van der Waals surface area contributed by atoms with Gasteiger partial charge in [-0.2, -0.15) is 5.26 Å². The van der Waals surface area contributed by atoms with Gasteiger partial charge in [-0.25, -0.2) is 4.98 Å². The van der Waals surface area contributed by atoms with Crippen molar-refractivity contribution in [3.05, 3.63) is 42.4 Å². The maximum absolute atomic E-state index is 8.92. The Balaban J connectivity index is 1.68. The van der Waals surface area contributed by atoms with Crippen molar-refractivity contribution in [1.82, 2.24) is 9.97 Å². The Bertz CT molecular complexity index is 576. The van der Waals surface area contributed by atoms with E-state index >= 15 is 0 Å². The molecule has 0 saturated carbocycles. The van der Waals surface area contributed by atoms with E-state index in [1.54, 1.807) is 12.3 Å². The van der Waals surface area contributed by atoms with E-state index in [4.69, 9.17) is 5.26 Å². The van der Waals surface area contributed by atoms with Gasteiger partial charge in [-0.05, 0) is 18.2 Å². The zero-order valence-electron chi connectivity index (χ0n) is 10.6. The second-order valence-corrected chi connectivity index (χ2v) is 4.56. The van der Waals surface area contributed by atoms with E-state index in [0.29, 0.717) is 5.56 Å². The van der Waals surface area contributed by atoms with Crippen LogP contribution in [0.2, 0.25) is 0 Å². The van der Waals surface area contributed by atoms with Crippen LogP contribution in [0.25, 0.3) is 0 Å². The molecule has 19 heavy (non-hydrogen) atoms. The molecular formula is C14H15N5. The third kappa shape index (κ3) is 2.38. The summed E-state index contributed by atoms with van der Waals surface area (Å²) in [7, 11) is 0. The molecule has 5 heteroatoms. The van der Waals surface area contributed by atoms with Crippen molar-refractivity contribution in [2.45, 2.75) is 0 Å². The van der Waals surface area contributed by atoms with E-state index in [-0.39, 0.29) is 0 Å². The summed E-state index contributed by atoms with van der Waals surface area (Å²) in [6.07, 6.45) is 5.66. The van der Waals surface area contributed by atoms with Crippen molar-refractivity contribution >= 4 is 11.5 Å². The predicted octanol–water partition coefficient (Wildman–Crippen LogP) is 1.61. The van der Waals surface area contributed by atoms with Gasteiger partial charge in [-0.3, -0.25) is 0 Å². The largest absolute Gasteiger partial charge is 0.367 e. The Labute approximate surface area is 112 Å². The fraction of sp³-hybridized carbons (Fsp3) is 0.286. The number of anilines is 2. The average molecular weight is 253 g/mol. The number of pyridine rings is 1. The van der Waals surface area contributed by atoms with Gasteiger partial charge >= 0.3 is 0 Å². The molecule has 0 aromatic carbocycles. The van der Waals surface area contributed by atoms with Crippen LogP contribution in [0.15, 0.2) is 36.8 Å². The standard InChI is InChI=1S/C14H15N5/c15-10-12-1-4-17-14(9-12)19-7-5-18(6-8-19)13-2-3-16-11-13/h1-4,9,11,16H,5-8H2. The molecule has 0 atom stereocenters. The molecule has 2 aromatic heterocycles. The molecule has 0 spiro atoms. The zero-order chi connectivity index (χ0) is 13.1. The number of hydrogen-bond donors (Lipinski definition) is 1. The normalized spacial score (nSPS) is 15.3. The van der Waals surface area contributed by atoms with Crippen LogP contribution in [0.1, 0.15) is 5.56 Å². The lowest BCUT2D eigenvalue weighted by Crippen LogP contribution is -2.46.